The second kappa shape index (κ2) is 10.2. The molecule has 0 atom stereocenters. The predicted molar refractivity (Wildman–Crippen MR) is 135 cm³/mol. The number of para-hydroxylation sites is 1. The Labute approximate surface area is 199 Å². The fourth-order valence-electron chi connectivity index (χ4n) is 4.40. The minimum Gasteiger partial charge on any atom is -0.497 e. The third-order valence-electron chi connectivity index (χ3n) is 6.25. The Morgan fingerprint density at radius 1 is 0.909 bits per heavy atom. The minimum atomic E-state index is -0.0161. The fourth-order valence-corrected chi connectivity index (χ4v) is 4.40. The van der Waals surface area contributed by atoms with Crippen LogP contribution in [0.2, 0.25) is 0 Å². The number of nitrogens with zero attached hydrogens (tertiary/aromatic N) is 5. The molecule has 7 nitrogen and oxygen atoms in total. The number of benzene rings is 2. The summed E-state index contributed by atoms with van der Waals surface area (Å²) in [5.41, 5.74) is 2.81. The molecule has 2 aromatic heterocycles. The Balaban J connectivity index is 0.00000259. The summed E-state index contributed by atoms with van der Waals surface area (Å²) in [6.07, 6.45) is 4.25. The number of rotatable bonds is 6. The van der Waals surface area contributed by atoms with Gasteiger partial charge in [0.05, 0.1) is 29.9 Å². The first-order valence-corrected chi connectivity index (χ1v) is 11.1. The molecular formula is C25H28ClN5O2. The number of pyridine rings is 1. The van der Waals surface area contributed by atoms with Crippen molar-refractivity contribution >= 4 is 39.9 Å². The molecule has 0 bridgehead atoms. The van der Waals surface area contributed by atoms with Gasteiger partial charge in [-0.25, -0.2) is 4.98 Å². The number of ether oxygens (including phenoxy) is 1. The van der Waals surface area contributed by atoms with Crippen molar-refractivity contribution in [1.82, 2.24) is 19.4 Å². The zero-order valence-electron chi connectivity index (χ0n) is 18.7. The Kier molecular flexibility index (Phi) is 7.11. The van der Waals surface area contributed by atoms with E-state index in [4.69, 9.17) is 4.74 Å². The normalized spacial score (nSPS) is 14.4. The molecule has 0 spiro atoms. The maximum Gasteiger partial charge on any atom is 0.262 e. The predicted octanol–water partition coefficient (Wildman–Crippen LogP) is 3.59. The number of hydrogen-bond acceptors (Lipinski definition) is 6. The molecule has 172 valence electrons. The molecule has 1 aliphatic rings. The van der Waals surface area contributed by atoms with Gasteiger partial charge in [0.15, 0.2) is 0 Å². The number of aromatic nitrogens is 3. The minimum absolute atomic E-state index is 0. The number of piperazine rings is 1. The molecule has 0 N–H and O–H groups in total. The van der Waals surface area contributed by atoms with E-state index >= 15 is 0 Å². The molecule has 1 saturated heterocycles. The van der Waals surface area contributed by atoms with Crippen molar-refractivity contribution in [3.63, 3.8) is 0 Å². The summed E-state index contributed by atoms with van der Waals surface area (Å²) < 4.78 is 6.96. The molecule has 0 unspecified atom stereocenters. The molecule has 0 amide bonds. The van der Waals surface area contributed by atoms with Gasteiger partial charge in [-0.05, 0) is 43.3 Å². The van der Waals surface area contributed by atoms with Crippen LogP contribution in [0.3, 0.4) is 0 Å². The summed E-state index contributed by atoms with van der Waals surface area (Å²) in [7, 11) is 1.69. The standard InChI is InChI=1S/C25H27N5O2.ClH/c1-32-20-9-7-19(8-10-20)29-15-13-28(14-16-29)11-4-12-30-18-27-24-21-5-2-3-6-23(21)26-17-22(24)25(30)31;/h2-3,5-10,17-18H,4,11-16H2,1H3;1H. The lowest BCUT2D eigenvalue weighted by Gasteiger charge is -2.36. The Morgan fingerprint density at radius 2 is 1.67 bits per heavy atom. The van der Waals surface area contributed by atoms with Crippen LogP contribution in [0.25, 0.3) is 21.8 Å². The van der Waals surface area contributed by atoms with Crippen molar-refractivity contribution in [1.29, 1.82) is 0 Å². The Morgan fingerprint density at radius 3 is 2.42 bits per heavy atom. The third kappa shape index (κ3) is 4.79. The topological polar surface area (TPSA) is 63.5 Å². The molecule has 1 fully saturated rings. The highest BCUT2D eigenvalue weighted by atomic mass is 35.5. The molecule has 33 heavy (non-hydrogen) atoms. The van der Waals surface area contributed by atoms with Gasteiger partial charge in [0.25, 0.3) is 5.56 Å². The highest BCUT2D eigenvalue weighted by molar-refractivity contribution is 6.02. The first kappa shape index (κ1) is 23.0. The summed E-state index contributed by atoms with van der Waals surface area (Å²) >= 11 is 0. The molecule has 8 heteroatoms. The molecule has 4 aromatic rings. The molecule has 0 radical (unpaired) electrons. The largest absolute Gasteiger partial charge is 0.497 e. The second-order valence-electron chi connectivity index (χ2n) is 8.16. The van der Waals surface area contributed by atoms with E-state index in [1.165, 1.54) is 5.69 Å². The SMILES string of the molecule is COc1ccc(N2CCN(CCCn3cnc4c(cnc5ccccc54)c3=O)CC2)cc1.Cl. The van der Waals surface area contributed by atoms with E-state index in [0.29, 0.717) is 11.9 Å². The maximum absolute atomic E-state index is 13.0. The second-order valence-corrected chi connectivity index (χ2v) is 8.16. The zero-order chi connectivity index (χ0) is 21.9. The molecule has 3 heterocycles. The summed E-state index contributed by atoms with van der Waals surface area (Å²) in [5.74, 6) is 0.884. The Bertz CT molecular complexity index is 1280. The van der Waals surface area contributed by atoms with E-state index in [2.05, 4.69) is 31.9 Å². The van der Waals surface area contributed by atoms with Crippen LogP contribution in [0.15, 0.2) is 65.8 Å². The van der Waals surface area contributed by atoms with E-state index in [-0.39, 0.29) is 18.0 Å². The number of anilines is 1. The molecule has 0 saturated carbocycles. The molecular weight excluding hydrogens is 438 g/mol. The smallest absolute Gasteiger partial charge is 0.262 e. The van der Waals surface area contributed by atoms with Crippen LogP contribution < -0.4 is 15.2 Å². The van der Waals surface area contributed by atoms with Crippen LogP contribution in [0.4, 0.5) is 5.69 Å². The van der Waals surface area contributed by atoms with Crippen molar-refractivity contribution in [3.05, 3.63) is 71.4 Å². The highest BCUT2D eigenvalue weighted by Gasteiger charge is 2.17. The van der Waals surface area contributed by atoms with Crippen LogP contribution in [0.1, 0.15) is 6.42 Å². The monoisotopic (exact) mass is 465 g/mol. The van der Waals surface area contributed by atoms with E-state index < -0.39 is 0 Å². The van der Waals surface area contributed by atoms with Gasteiger partial charge in [-0.2, -0.15) is 0 Å². The van der Waals surface area contributed by atoms with Crippen LogP contribution in [0.5, 0.6) is 5.75 Å². The lowest BCUT2D eigenvalue weighted by molar-refractivity contribution is 0.250. The van der Waals surface area contributed by atoms with Gasteiger partial charge in [-0.3, -0.25) is 19.2 Å². The first-order chi connectivity index (χ1) is 15.7. The summed E-state index contributed by atoms with van der Waals surface area (Å²) in [5, 5.41) is 1.50. The van der Waals surface area contributed by atoms with Crippen LogP contribution >= 0.6 is 12.4 Å². The van der Waals surface area contributed by atoms with E-state index in [1.54, 1.807) is 24.2 Å². The molecule has 1 aliphatic heterocycles. The Hall–Kier alpha value is -3.16. The molecule has 5 rings (SSSR count). The van der Waals surface area contributed by atoms with Gasteiger partial charge < -0.3 is 9.64 Å². The van der Waals surface area contributed by atoms with Crippen molar-refractivity contribution in [2.45, 2.75) is 13.0 Å². The van der Waals surface area contributed by atoms with Gasteiger partial charge in [0.1, 0.15) is 5.75 Å². The average Bonchev–Trinajstić information content (AvgIpc) is 2.86. The van der Waals surface area contributed by atoms with E-state index in [9.17, 15) is 4.79 Å². The average molecular weight is 466 g/mol. The van der Waals surface area contributed by atoms with Crippen LogP contribution in [-0.4, -0.2) is 59.3 Å². The van der Waals surface area contributed by atoms with Crippen molar-refractivity contribution in [2.75, 3.05) is 44.7 Å². The number of aryl methyl sites for hydroxylation is 1. The number of fused-ring (bicyclic) bond motifs is 3. The quantitative estimate of drug-likeness (QED) is 0.405. The van der Waals surface area contributed by atoms with Gasteiger partial charge >= 0.3 is 0 Å². The molecule has 2 aromatic carbocycles. The van der Waals surface area contributed by atoms with E-state index in [1.807, 2.05) is 36.4 Å². The fraction of sp³-hybridized carbons (Fsp3) is 0.320. The number of halogens is 1. The summed E-state index contributed by atoms with van der Waals surface area (Å²) in [4.78, 5) is 26.8. The van der Waals surface area contributed by atoms with Crippen molar-refractivity contribution < 1.29 is 4.74 Å². The lowest BCUT2D eigenvalue weighted by Crippen LogP contribution is -2.46. The molecule has 0 aliphatic carbocycles. The first-order valence-electron chi connectivity index (χ1n) is 11.1. The number of methoxy groups -OCH3 is 1. The van der Waals surface area contributed by atoms with Gasteiger partial charge in [0.2, 0.25) is 0 Å². The van der Waals surface area contributed by atoms with Crippen LogP contribution in [-0.2, 0) is 6.54 Å². The third-order valence-corrected chi connectivity index (χ3v) is 6.25. The summed E-state index contributed by atoms with van der Waals surface area (Å²) in [6.45, 7) is 5.68. The highest BCUT2D eigenvalue weighted by Crippen LogP contribution is 2.21. The van der Waals surface area contributed by atoms with Gasteiger partial charge in [-0.1, -0.05) is 18.2 Å². The maximum atomic E-state index is 13.0. The van der Waals surface area contributed by atoms with Crippen molar-refractivity contribution in [3.8, 4) is 5.75 Å². The lowest BCUT2D eigenvalue weighted by atomic mass is 10.1. The number of hydrogen-bond donors (Lipinski definition) is 0. The van der Waals surface area contributed by atoms with E-state index in [0.717, 1.165) is 61.3 Å². The zero-order valence-corrected chi connectivity index (χ0v) is 19.5. The summed E-state index contributed by atoms with van der Waals surface area (Å²) in [6, 6.07) is 16.1. The van der Waals surface area contributed by atoms with Gasteiger partial charge in [-0.15, -0.1) is 12.4 Å². The van der Waals surface area contributed by atoms with Crippen LogP contribution in [0, 0.1) is 0 Å². The van der Waals surface area contributed by atoms with Gasteiger partial charge in [0, 0.05) is 50.0 Å². The van der Waals surface area contributed by atoms with Crippen molar-refractivity contribution in [2.24, 2.45) is 0 Å².